The van der Waals surface area contributed by atoms with E-state index in [4.69, 9.17) is 4.74 Å². The van der Waals surface area contributed by atoms with Crippen molar-refractivity contribution in [2.24, 2.45) is 0 Å². The number of halogens is 1. The lowest BCUT2D eigenvalue weighted by molar-refractivity contribution is 0.415. The molecule has 0 aliphatic rings. The molecule has 0 bridgehead atoms. The van der Waals surface area contributed by atoms with E-state index in [9.17, 15) is 0 Å². The Hall–Kier alpha value is -1.82. The van der Waals surface area contributed by atoms with Gasteiger partial charge in [0.15, 0.2) is 0 Å². The van der Waals surface area contributed by atoms with Crippen LogP contribution in [0.25, 0.3) is 0 Å². The summed E-state index contributed by atoms with van der Waals surface area (Å²) in [7, 11) is 3.51. The van der Waals surface area contributed by atoms with Gasteiger partial charge in [0, 0.05) is 23.2 Å². The highest BCUT2D eigenvalue weighted by molar-refractivity contribution is 9.10. The van der Waals surface area contributed by atoms with Crippen molar-refractivity contribution >= 4 is 33.3 Å². The van der Waals surface area contributed by atoms with E-state index in [-0.39, 0.29) is 0 Å². The van der Waals surface area contributed by atoms with Gasteiger partial charge in [-0.3, -0.25) is 0 Å². The van der Waals surface area contributed by atoms with Gasteiger partial charge in [0.2, 0.25) is 0 Å². The maximum atomic E-state index is 5.26. The summed E-state index contributed by atoms with van der Waals surface area (Å²) < 4.78 is 6.21. The molecule has 0 unspecified atom stereocenters. The van der Waals surface area contributed by atoms with Crippen molar-refractivity contribution in [3.05, 3.63) is 34.6 Å². The van der Waals surface area contributed by atoms with Gasteiger partial charge >= 0.3 is 0 Å². The lowest BCUT2D eigenvalue weighted by atomic mass is 10.0. The van der Waals surface area contributed by atoms with Crippen LogP contribution >= 0.6 is 15.9 Å². The van der Waals surface area contributed by atoms with Gasteiger partial charge in [0.1, 0.15) is 23.7 Å². The second-order valence-electron chi connectivity index (χ2n) is 4.86. The van der Waals surface area contributed by atoms with Gasteiger partial charge in [0.25, 0.3) is 0 Å². The summed E-state index contributed by atoms with van der Waals surface area (Å²) in [5.74, 6) is 2.70. The van der Waals surface area contributed by atoms with Crippen LogP contribution in [-0.2, 0) is 0 Å². The Balaban J connectivity index is 2.44. The van der Waals surface area contributed by atoms with Gasteiger partial charge < -0.3 is 15.4 Å². The molecule has 0 saturated heterocycles. The monoisotopic (exact) mass is 350 g/mol. The zero-order valence-corrected chi connectivity index (χ0v) is 14.2. The van der Waals surface area contributed by atoms with Crippen molar-refractivity contribution in [3.63, 3.8) is 0 Å². The first-order valence-electron chi connectivity index (χ1n) is 6.70. The quantitative estimate of drug-likeness (QED) is 0.847. The molecule has 0 fully saturated rings. The van der Waals surface area contributed by atoms with E-state index in [0.29, 0.717) is 5.92 Å². The van der Waals surface area contributed by atoms with Crippen LogP contribution in [0.1, 0.15) is 25.3 Å². The second-order valence-corrected chi connectivity index (χ2v) is 5.71. The molecule has 0 saturated carbocycles. The van der Waals surface area contributed by atoms with Crippen LogP contribution in [0.2, 0.25) is 0 Å². The largest absolute Gasteiger partial charge is 0.497 e. The standard InChI is InChI=1S/C15H19BrN4O/c1-9(2)13-14(17-3)18-8-19-15(13)20-12-7-10(21-4)5-6-11(12)16/h5-9H,1-4H3,(H2,17,18,19,20). The van der Waals surface area contributed by atoms with Crippen molar-refractivity contribution in [3.8, 4) is 5.75 Å². The number of benzene rings is 1. The Morgan fingerprint density at radius 2 is 1.90 bits per heavy atom. The molecule has 2 rings (SSSR count). The SMILES string of the molecule is CNc1ncnc(Nc2cc(OC)ccc2Br)c1C(C)C. The second kappa shape index (κ2) is 6.76. The molecule has 21 heavy (non-hydrogen) atoms. The molecule has 1 aromatic carbocycles. The summed E-state index contributed by atoms with van der Waals surface area (Å²) in [5.41, 5.74) is 1.95. The van der Waals surface area contributed by atoms with E-state index >= 15 is 0 Å². The number of nitrogens with zero attached hydrogens (tertiary/aromatic N) is 2. The molecule has 2 aromatic rings. The highest BCUT2D eigenvalue weighted by Crippen LogP contribution is 2.34. The van der Waals surface area contributed by atoms with Gasteiger partial charge in [0.05, 0.1) is 12.8 Å². The van der Waals surface area contributed by atoms with Gasteiger partial charge in [-0.05, 0) is 34.0 Å². The average molecular weight is 351 g/mol. The smallest absolute Gasteiger partial charge is 0.139 e. The topological polar surface area (TPSA) is 59.1 Å². The fraction of sp³-hybridized carbons (Fsp3) is 0.333. The van der Waals surface area contributed by atoms with Crippen molar-refractivity contribution in [2.75, 3.05) is 24.8 Å². The molecule has 2 N–H and O–H groups in total. The molecule has 0 aliphatic heterocycles. The summed E-state index contributed by atoms with van der Waals surface area (Å²) in [6.45, 7) is 4.23. The minimum Gasteiger partial charge on any atom is -0.497 e. The Bertz CT molecular complexity index is 631. The molecule has 0 spiro atoms. The minimum atomic E-state index is 0.292. The fourth-order valence-electron chi connectivity index (χ4n) is 2.10. The lowest BCUT2D eigenvalue weighted by Crippen LogP contribution is -2.07. The molecule has 1 heterocycles. The zero-order chi connectivity index (χ0) is 15.4. The molecule has 6 heteroatoms. The number of hydrogen-bond donors (Lipinski definition) is 2. The average Bonchev–Trinajstić information content (AvgIpc) is 2.48. The van der Waals surface area contributed by atoms with Gasteiger partial charge in [-0.1, -0.05) is 13.8 Å². The molecule has 1 aromatic heterocycles. The first-order valence-corrected chi connectivity index (χ1v) is 7.49. The predicted molar refractivity (Wildman–Crippen MR) is 89.6 cm³/mol. The fourth-order valence-corrected chi connectivity index (χ4v) is 2.44. The summed E-state index contributed by atoms with van der Waals surface area (Å²) in [6, 6.07) is 5.77. The van der Waals surface area contributed by atoms with E-state index in [1.54, 1.807) is 13.4 Å². The summed E-state index contributed by atoms with van der Waals surface area (Å²) in [4.78, 5) is 8.65. The number of ether oxygens (including phenoxy) is 1. The van der Waals surface area contributed by atoms with Gasteiger partial charge in [-0.2, -0.15) is 0 Å². The predicted octanol–water partition coefficient (Wildman–Crippen LogP) is 4.16. The summed E-state index contributed by atoms with van der Waals surface area (Å²) in [6.07, 6.45) is 1.55. The molecule has 0 atom stereocenters. The summed E-state index contributed by atoms with van der Waals surface area (Å²) in [5, 5.41) is 6.47. The van der Waals surface area contributed by atoms with Crippen molar-refractivity contribution < 1.29 is 4.74 Å². The van der Waals surface area contributed by atoms with E-state index in [0.717, 1.165) is 33.1 Å². The highest BCUT2D eigenvalue weighted by atomic mass is 79.9. The van der Waals surface area contributed by atoms with Crippen LogP contribution in [-0.4, -0.2) is 24.1 Å². The Morgan fingerprint density at radius 1 is 1.19 bits per heavy atom. The van der Waals surface area contributed by atoms with Gasteiger partial charge in [-0.15, -0.1) is 0 Å². The number of nitrogens with one attached hydrogen (secondary N) is 2. The molecule has 0 amide bonds. The number of rotatable bonds is 5. The molecule has 0 radical (unpaired) electrons. The number of anilines is 3. The van der Waals surface area contributed by atoms with E-state index in [2.05, 4.69) is 50.4 Å². The first-order chi connectivity index (χ1) is 10.1. The van der Waals surface area contributed by atoms with Crippen LogP contribution in [0.4, 0.5) is 17.3 Å². The number of aromatic nitrogens is 2. The Labute approximate surface area is 133 Å². The van der Waals surface area contributed by atoms with Crippen LogP contribution in [0.15, 0.2) is 29.0 Å². The number of methoxy groups -OCH3 is 1. The normalized spacial score (nSPS) is 10.6. The molecule has 5 nitrogen and oxygen atoms in total. The van der Waals surface area contributed by atoms with Crippen LogP contribution in [0, 0.1) is 0 Å². The Kier molecular flexibility index (Phi) is 5.01. The van der Waals surface area contributed by atoms with Crippen molar-refractivity contribution in [1.29, 1.82) is 0 Å². The van der Waals surface area contributed by atoms with Gasteiger partial charge in [-0.25, -0.2) is 9.97 Å². The third-order valence-corrected chi connectivity index (χ3v) is 3.82. The first kappa shape index (κ1) is 15.6. The maximum Gasteiger partial charge on any atom is 0.139 e. The van der Waals surface area contributed by atoms with Crippen LogP contribution < -0.4 is 15.4 Å². The van der Waals surface area contributed by atoms with Crippen molar-refractivity contribution in [2.45, 2.75) is 19.8 Å². The third-order valence-electron chi connectivity index (χ3n) is 3.12. The van der Waals surface area contributed by atoms with E-state index in [1.165, 1.54) is 0 Å². The summed E-state index contributed by atoms with van der Waals surface area (Å²) >= 11 is 3.54. The van der Waals surface area contributed by atoms with E-state index < -0.39 is 0 Å². The Morgan fingerprint density at radius 3 is 2.52 bits per heavy atom. The third kappa shape index (κ3) is 3.44. The lowest BCUT2D eigenvalue weighted by Gasteiger charge is -2.17. The molecular weight excluding hydrogens is 332 g/mol. The highest BCUT2D eigenvalue weighted by Gasteiger charge is 2.15. The van der Waals surface area contributed by atoms with Crippen LogP contribution in [0.3, 0.4) is 0 Å². The molecular formula is C15H19BrN4O. The molecule has 0 aliphatic carbocycles. The van der Waals surface area contributed by atoms with E-state index in [1.807, 2.05) is 25.2 Å². The molecule has 112 valence electrons. The minimum absolute atomic E-state index is 0.292. The maximum absolute atomic E-state index is 5.26. The van der Waals surface area contributed by atoms with Crippen molar-refractivity contribution in [1.82, 2.24) is 9.97 Å². The zero-order valence-electron chi connectivity index (χ0n) is 12.6. The number of hydrogen-bond acceptors (Lipinski definition) is 5. The van der Waals surface area contributed by atoms with Crippen LogP contribution in [0.5, 0.6) is 5.75 Å².